The zero-order valence-electron chi connectivity index (χ0n) is 6.97. The molecule has 66 valence electrons. The fourth-order valence-electron chi connectivity index (χ4n) is 1.06. The van der Waals surface area contributed by atoms with Crippen LogP contribution in [0.1, 0.15) is 12.8 Å². The summed E-state index contributed by atoms with van der Waals surface area (Å²) in [6.45, 7) is 5.61. The van der Waals surface area contributed by atoms with Gasteiger partial charge in [-0.1, -0.05) is 0 Å². The van der Waals surface area contributed by atoms with Gasteiger partial charge >= 0.3 is 0 Å². The minimum Gasteiger partial charge on any atom is -0.377 e. The Balaban J connectivity index is 0.000000112. The van der Waals surface area contributed by atoms with E-state index in [1.165, 1.54) is 25.9 Å². The maximum absolute atomic E-state index is 4.94. The van der Waals surface area contributed by atoms with Crippen LogP contribution in [0, 0.1) is 0 Å². The van der Waals surface area contributed by atoms with Gasteiger partial charge < -0.3 is 14.8 Å². The Labute approximate surface area is 68.1 Å². The second-order valence-corrected chi connectivity index (χ2v) is 2.68. The van der Waals surface area contributed by atoms with Crippen LogP contribution < -0.4 is 5.32 Å². The van der Waals surface area contributed by atoms with Gasteiger partial charge in [0.25, 0.3) is 0 Å². The largest absolute Gasteiger partial charge is 0.377 e. The third-order valence-corrected chi connectivity index (χ3v) is 1.70. The Hall–Kier alpha value is -0.120. The molecule has 1 N–H and O–H groups in total. The monoisotopic (exact) mass is 159 g/mol. The van der Waals surface area contributed by atoms with E-state index in [2.05, 4.69) is 5.32 Å². The molecule has 2 aliphatic heterocycles. The molecule has 0 spiro atoms. The summed E-state index contributed by atoms with van der Waals surface area (Å²) < 4.78 is 9.89. The first kappa shape index (κ1) is 8.97. The van der Waals surface area contributed by atoms with Gasteiger partial charge in [0.05, 0.1) is 26.4 Å². The number of rotatable bonds is 0. The van der Waals surface area contributed by atoms with Crippen LogP contribution in [-0.4, -0.2) is 39.5 Å². The van der Waals surface area contributed by atoms with Crippen LogP contribution in [-0.2, 0) is 9.47 Å². The summed E-state index contributed by atoms with van der Waals surface area (Å²) >= 11 is 0. The Morgan fingerprint density at radius 3 is 1.36 bits per heavy atom. The van der Waals surface area contributed by atoms with Crippen molar-refractivity contribution in [3.8, 4) is 0 Å². The number of hydrogen-bond donors (Lipinski definition) is 1. The van der Waals surface area contributed by atoms with E-state index in [1.54, 1.807) is 0 Å². The normalized spacial score (nSPS) is 24.0. The molecule has 0 bridgehead atoms. The zero-order chi connectivity index (χ0) is 7.78. The minimum atomic E-state index is 0.778. The minimum absolute atomic E-state index is 0.778. The molecular weight excluding hydrogens is 142 g/mol. The summed E-state index contributed by atoms with van der Waals surface area (Å²) in [5, 5.41) is 3.22. The highest BCUT2D eigenvalue weighted by atomic mass is 16.6. The van der Waals surface area contributed by atoms with Gasteiger partial charge in [-0.2, -0.15) is 0 Å². The van der Waals surface area contributed by atoms with E-state index >= 15 is 0 Å². The predicted octanol–water partition coefficient (Wildman–Crippen LogP) is 0.403. The molecular formula is C8H17NO2. The van der Waals surface area contributed by atoms with Gasteiger partial charge in [-0.05, 0) is 25.9 Å². The molecule has 0 aromatic carbocycles. The van der Waals surface area contributed by atoms with Crippen molar-refractivity contribution in [3.05, 3.63) is 0 Å². The van der Waals surface area contributed by atoms with Crippen LogP contribution in [0.15, 0.2) is 0 Å². The fourth-order valence-corrected chi connectivity index (χ4v) is 1.06. The lowest BCUT2D eigenvalue weighted by atomic mass is 10.4. The van der Waals surface area contributed by atoms with Crippen molar-refractivity contribution in [2.75, 3.05) is 39.5 Å². The van der Waals surface area contributed by atoms with Crippen molar-refractivity contribution in [2.45, 2.75) is 12.8 Å². The summed E-state index contributed by atoms with van der Waals surface area (Å²) in [6, 6.07) is 0. The van der Waals surface area contributed by atoms with Crippen LogP contribution in [0.4, 0.5) is 0 Å². The van der Waals surface area contributed by atoms with Crippen LogP contribution in [0.2, 0.25) is 0 Å². The smallest absolute Gasteiger partial charge is 0.0701 e. The Bertz CT molecular complexity index is 61.0. The maximum Gasteiger partial charge on any atom is 0.0701 e. The van der Waals surface area contributed by atoms with Crippen LogP contribution in [0.3, 0.4) is 0 Å². The molecule has 0 atom stereocenters. The van der Waals surface area contributed by atoms with E-state index in [1.807, 2.05) is 0 Å². The Morgan fingerprint density at radius 1 is 0.727 bits per heavy atom. The molecule has 0 amide bonds. The van der Waals surface area contributed by atoms with Gasteiger partial charge in [-0.15, -0.1) is 0 Å². The van der Waals surface area contributed by atoms with E-state index in [4.69, 9.17) is 9.47 Å². The van der Waals surface area contributed by atoms with Gasteiger partial charge in [-0.3, -0.25) is 0 Å². The van der Waals surface area contributed by atoms with E-state index in [0.717, 1.165) is 26.4 Å². The molecule has 0 unspecified atom stereocenters. The van der Waals surface area contributed by atoms with E-state index in [-0.39, 0.29) is 0 Å². The van der Waals surface area contributed by atoms with Gasteiger partial charge in [0, 0.05) is 0 Å². The fraction of sp³-hybridized carbons (Fsp3) is 1.00. The third kappa shape index (κ3) is 5.18. The highest BCUT2D eigenvalue weighted by molar-refractivity contribution is 4.55. The average Bonchev–Trinajstić information content (AvgIpc) is 2.64. The summed E-state index contributed by atoms with van der Waals surface area (Å²) in [6.07, 6.45) is 2.78. The van der Waals surface area contributed by atoms with Crippen LogP contribution >= 0.6 is 0 Å². The van der Waals surface area contributed by atoms with Gasteiger partial charge in [0.15, 0.2) is 0 Å². The van der Waals surface area contributed by atoms with Crippen LogP contribution in [0.25, 0.3) is 0 Å². The lowest BCUT2D eigenvalue weighted by Crippen LogP contribution is -2.16. The van der Waals surface area contributed by atoms with E-state index in [9.17, 15) is 0 Å². The van der Waals surface area contributed by atoms with Gasteiger partial charge in [0.2, 0.25) is 0 Å². The van der Waals surface area contributed by atoms with Gasteiger partial charge in [-0.25, -0.2) is 0 Å². The molecule has 3 heteroatoms. The topological polar surface area (TPSA) is 30.5 Å². The number of hydrogen-bond acceptors (Lipinski definition) is 3. The molecule has 0 aromatic heterocycles. The molecule has 0 radical (unpaired) electrons. The lowest BCUT2D eigenvalue weighted by Gasteiger charge is -2.09. The summed E-state index contributed by atoms with van der Waals surface area (Å²) in [5.74, 6) is 0. The first-order chi connectivity index (χ1) is 5.50. The highest BCUT2D eigenvalue weighted by Crippen LogP contribution is 1.90. The number of ether oxygens (including phenoxy) is 2. The standard InChI is InChI=1S/C4H9N.C4H8O2/c1-2-4-5-3-1;1-2-6-4-3-5-1/h5H,1-4H2;1-4H2. The van der Waals surface area contributed by atoms with E-state index < -0.39 is 0 Å². The van der Waals surface area contributed by atoms with Crippen molar-refractivity contribution < 1.29 is 9.47 Å². The molecule has 2 fully saturated rings. The molecule has 2 aliphatic rings. The van der Waals surface area contributed by atoms with Crippen molar-refractivity contribution in [1.82, 2.24) is 5.32 Å². The second-order valence-electron chi connectivity index (χ2n) is 2.68. The van der Waals surface area contributed by atoms with Crippen molar-refractivity contribution in [1.29, 1.82) is 0 Å². The predicted molar refractivity (Wildman–Crippen MR) is 43.7 cm³/mol. The molecule has 0 aliphatic carbocycles. The lowest BCUT2D eigenvalue weighted by molar-refractivity contribution is -0.0334. The molecule has 2 saturated heterocycles. The van der Waals surface area contributed by atoms with Gasteiger partial charge in [0.1, 0.15) is 0 Å². The van der Waals surface area contributed by atoms with E-state index in [0.29, 0.717) is 0 Å². The summed E-state index contributed by atoms with van der Waals surface area (Å²) in [4.78, 5) is 0. The second kappa shape index (κ2) is 6.58. The number of nitrogens with one attached hydrogen (secondary N) is 1. The zero-order valence-corrected chi connectivity index (χ0v) is 6.97. The summed E-state index contributed by atoms with van der Waals surface area (Å²) in [7, 11) is 0. The van der Waals surface area contributed by atoms with Crippen LogP contribution in [0.5, 0.6) is 0 Å². The molecule has 0 saturated carbocycles. The van der Waals surface area contributed by atoms with Crippen molar-refractivity contribution in [3.63, 3.8) is 0 Å². The SMILES string of the molecule is C1CCNC1.C1COCCO1. The molecule has 2 heterocycles. The third-order valence-electron chi connectivity index (χ3n) is 1.70. The quantitative estimate of drug-likeness (QED) is 0.555. The Morgan fingerprint density at radius 2 is 1.18 bits per heavy atom. The van der Waals surface area contributed by atoms with Crippen molar-refractivity contribution in [2.24, 2.45) is 0 Å². The molecule has 0 aromatic rings. The Kier molecular flexibility index (Phi) is 5.37. The molecule has 2 rings (SSSR count). The first-order valence-corrected chi connectivity index (χ1v) is 4.36. The average molecular weight is 159 g/mol. The molecule has 3 nitrogen and oxygen atoms in total. The maximum atomic E-state index is 4.94. The molecule has 11 heavy (non-hydrogen) atoms. The first-order valence-electron chi connectivity index (χ1n) is 4.36. The highest BCUT2D eigenvalue weighted by Gasteiger charge is 1.94. The summed E-state index contributed by atoms with van der Waals surface area (Å²) in [5.41, 5.74) is 0. The van der Waals surface area contributed by atoms with Crippen molar-refractivity contribution >= 4 is 0 Å².